The maximum atomic E-state index is 11.8. The predicted octanol–water partition coefficient (Wildman–Crippen LogP) is 0.301. The summed E-state index contributed by atoms with van der Waals surface area (Å²) in [7, 11) is 1.52. The van der Waals surface area contributed by atoms with Crippen molar-refractivity contribution in [1.29, 1.82) is 0 Å². The zero-order valence-electron chi connectivity index (χ0n) is 13.4. The van der Waals surface area contributed by atoms with Gasteiger partial charge < -0.3 is 16.4 Å². The summed E-state index contributed by atoms with van der Waals surface area (Å²) in [5, 5.41) is 4.74. The topological polar surface area (TPSA) is 101 Å². The number of amides is 2. The van der Waals surface area contributed by atoms with Gasteiger partial charge in [0, 0.05) is 31.2 Å². The number of carbonyl (C=O) groups is 3. The Labute approximate surface area is 131 Å². The van der Waals surface area contributed by atoms with E-state index in [1.165, 1.54) is 18.8 Å². The molecule has 0 aromatic rings. The van der Waals surface area contributed by atoms with Crippen molar-refractivity contribution in [2.45, 2.75) is 51.4 Å². The lowest BCUT2D eigenvalue weighted by molar-refractivity contribution is -0.126. The summed E-state index contributed by atoms with van der Waals surface area (Å²) in [4.78, 5) is 35.3. The molecule has 4 N–H and O–H groups in total. The quantitative estimate of drug-likeness (QED) is 0.568. The molecule has 0 aliphatic carbocycles. The van der Waals surface area contributed by atoms with Crippen molar-refractivity contribution in [3.63, 3.8) is 0 Å². The van der Waals surface area contributed by atoms with Gasteiger partial charge in [-0.2, -0.15) is 0 Å². The van der Waals surface area contributed by atoms with Crippen LogP contribution in [0.2, 0.25) is 0 Å². The standard InChI is InChI=1S/C14H27N3O3S/c1-8(2)13(19)10(15)7-21-11(14(20)16-5)6-12(18)17-9(3)4/h8-11H,6-7,15H2,1-5H3,(H,16,20)(H,17,18)/t10-,11?/m1/s1. The average Bonchev–Trinajstić information content (AvgIpc) is 2.40. The second-order valence-corrected chi connectivity index (χ2v) is 6.76. The number of thioether (sulfide) groups is 1. The molecule has 122 valence electrons. The number of nitrogens with one attached hydrogen (secondary N) is 2. The first kappa shape index (κ1) is 19.9. The van der Waals surface area contributed by atoms with Gasteiger partial charge in [0.2, 0.25) is 11.8 Å². The van der Waals surface area contributed by atoms with Crippen LogP contribution in [-0.2, 0) is 14.4 Å². The van der Waals surface area contributed by atoms with Gasteiger partial charge in [0.05, 0.1) is 11.3 Å². The van der Waals surface area contributed by atoms with Crippen molar-refractivity contribution in [3.8, 4) is 0 Å². The van der Waals surface area contributed by atoms with E-state index >= 15 is 0 Å². The van der Waals surface area contributed by atoms with Gasteiger partial charge in [0.15, 0.2) is 5.78 Å². The summed E-state index contributed by atoms with van der Waals surface area (Å²) in [6, 6.07) is -0.590. The molecule has 0 fully saturated rings. The van der Waals surface area contributed by atoms with Gasteiger partial charge >= 0.3 is 0 Å². The Balaban J connectivity index is 4.54. The van der Waals surface area contributed by atoms with Gasteiger partial charge in [-0.3, -0.25) is 14.4 Å². The van der Waals surface area contributed by atoms with Crippen LogP contribution in [0.1, 0.15) is 34.1 Å². The fourth-order valence-electron chi connectivity index (χ4n) is 1.67. The van der Waals surface area contributed by atoms with Crippen molar-refractivity contribution in [1.82, 2.24) is 10.6 Å². The molecule has 0 spiro atoms. The number of ketones is 1. The van der Waals surface area contributed by atoms with Crippen LogP contribution in [0.5, 0.6) is 0 Å². The fourth-order valence-corrected chi connectivity index (χ4v) is 2.81. The van der Waals surface area contributed by atoms with E-state index in [1.807, 2.05) is 13.8 Å². The Kier molecular flexibility index (Phi) is 9.28. The average molecular weight is 317 g/mol. The molecule has 0 aliphatic rings. The normalized spacial score (nSPS) is 13.9. The molecular formula is C14H27N3O3S. The monoisotopic (exact) mass is 317 g/mol. The van der Waals surface area contributed by atoms with Gasteiger partial charge in [-0.25, -0.2) is 0 Å². The molecule has 0 aliphatic heterocycles. The minimum atomic E-state index is -0.615. The van der Waals surface area contributed by atoms with Crippen LogP contribution in [0.4, 0.5) is 0 Å². The molecule has 2 amide bonds. The molecule has 2 atom stereocenters. The lowest BCUT2D eigenvalue weighted by atomic mass is 10.0. The van der Waals surface area contributed by atoms with Crippen LogP contribution in [0.3, 0.4) is 0 Å². The summed E-state index contributed by atoms with van der Waals surface area (Å²) in [5.41, 5.74) is 5.82. The second-order valence-electron chi connectivity index (χ2n) is 5.53. The number of rotatable bonds is 9. The zero-order valence-corrected chi connectivity index (χ0v) is 14.3. The first-order chi connectivity index (χ1) is 9.68. The van der Waals surface area contributed by atoms with Crippen molar-refractivity contribution in [2.24, 2.45) is 11.7 Å². The Morgan fingerprint density at radius 3 is 2.14 bits per heavy atom. The molecular weight excluding hydrogens is 290 g/mol. The molecule has 7 heteroatoms. The molecule has 0 aromatic heterocycles. The fraction of sp³-hybridized carbons (Fsp3) is 0.786. The highest BCUT2D eigenvalue weighted by Crippen LogP contribution is 2.17. The maximum Gasteiger partial charge on any atom is 0.233 e. The number of Topliss-reactive ketones (excluding diaryl/α,β-unsaturated/α-hetero) is 1. The summed E-state index contributed by atoms with van der Waals surface area (Å²) in [6.07, 6.45) is 0.0745. The summed E-state index contributed by atoms with van der Waals surface area (Å²) < 4.78 is 0. The van der Waals surface area contributed by atoms with Gasteiger partial charge in [-0.15, -0.1) is 11.8 Å². The first-order valence-electron chi connectivity index (χ1n) is 7.10. The van der Waals surface area contributed by atoms with E-state index in [9.17, 15) is 14.4 Å². The second kappa shape index (κ2) is 9.78. The van der Waals surface area contributed by atoms with Crippen LogP contribution in [0.15, 0.2) is 0 Å². The molecule has 0 rings (SSSR count). The lowest BCUT2D eigenvalue weighted by Gasteiger charge is -2.18. The van der Waals surface area contributed by atoms with Gasteiger partial charge in [-0.1, -0.05) is 13.8 Å². The van der Waals surface area contributed by atoms with Crippen molar-refractivity contribution >= 4 is 29.4 Å². The van der Waals surface area contributed by atoms with Crippen LogP contribution in [-0.4, -0.2) is 47.7 Å². The Morgan fingerprint density at radius 2 is 1.71 bits per heavy atom. The first-order valence-corrected chi connectivity index (χ1v) is 8.15. The third kappa shape index (κ3) is 8.06. The minimum absolute atomic E-state index is 0.0256. The molecule has 0 aromatic carbocycles. The number of hydrogen-bond donors (Lipinski definition) is 3. The number of carbonyl (C=O) groups excluding carboxylic acids is 3. The van der Waals surface area contributed by atoms with Gasteiger partial charge in [0.1, 0.15) is 0 Å². The Morgan fingerprint density at radius 1 is 1.14 bits per heavy atom. The summed E-state index contributed by atoms with van der Waals surface area (Å²) in [6.45, 7) is 7.30. The highest BCUT2D eigenvalue weighted by molar-refractivity contribution is 8.00. The predicted molar refractivity (Wildman–Crippen MR) is 86.0 cm³/mol. The summed E-state index contributed by atoms with van der Waals surface area (Å²) >= 11 is 1.24. The van der Waals surface area contributed by atoms with E-state index < -0.39 is 11.3 Å². The van der Waals surface area contributed by atoms with E-state index in [4.69, 9.17) is 5.73 Å². The van der Waals surface area contributed by atoms with Crippen LogP contribution < -0.4 is 16.4 Å². The lowest BCUT2D eigenvalue weighted by Crippen LogP contribution is -2.40. The number of nitrogens with two attached hydrogens (primary N) is 1. The van der Waals surface area contributed by atoms with E-state index in [1.54, 1.807) is 13.8 Å². The van der Waals surface area contributed by atoms with Crippen molar-refractivity contribution < 1.29 is 14.4 Å². The molecule has 1 unspecified atom stereocenters. The van der Waals surface area contributed by atoms with E-state index in [-0.39, 0.29) is 36.0 Å². The van der Waals surface area contributed by atoms with Gasteiger partial charge in [-0.05, 0) is 13.8 Å². The van der Waals surface area contributed by atoms with Crippen LogP contribution >= 0.6 is 11.8 Å². The third-order valence-electron chi connectivity index (χ3n) is 2.77. The van der Waals surface area contributed by atoms with E-state index in [0.29, 0.717) is 5.75 Å². The summed E-state index contributed by atoms with van der Waals surface area (Å²) in [5.74, 6) is -0.268. The zero-order chi connectivity index (χ0) is 16.6. The van der Waals surface area contributed by atoms with E-state index in [2.05, 4.69) is 10.6 Å². The van der Waals surface area contributed by atoms with Crippen LogP contribution in [0.25, 0.3) is 0 Å². The molecule has 0 heterocycles. The largest absolute Gasteiger partial charge is 0.358 e. The van der Waals surface area contributed by atoms with Crippen molar-refractivity contribution in [3.05, 3.63) is 0 Å². The third-order valence-corrected chi connectivity index (χ3v) is 4.11. The minimum Gasteiger partial charge on any atom is -0.358 e. The van der Waals surface area contributed by atoms with E-state index in [0.717, 1.165) is 0 Å². The Hall–Kier alpha value is -1.08. The molecule has 0 bridgehead atoms. The highest BCUT2D eigenvalue weighted by Gasteiger charge is 2.25. The van der Waals surface area contributed by atoms with Gasteiger partial charge in [0.25, 0.3) is 0 Å². The molecule has 0 radical (unpaired) electrons. The molecule has 6 nitrogen and oxygen atoms in total. The highest BCUT2D eigenvalue weighted by atomic mass is 32.2. The molecule has 21 heavy (non-hydrogen) atoms. The van der Waals surface area contributed by atoms with Crippen molar-refractivity contribution in [2.75, 3.05) is 12.8 Å². The maximum absolute atomic E-state index is 11.8. The molecule has 0 saturated heterocycles. The smallest absolute Gasteiger partial charge is 0.233 e. The Bertz CT molecular complexity index is 372. The van der Waals surface area contributed by atoms with Crippen LogP contribution in [0, 0.1) is 5.92 Å². The molecule has 0 saturated carbocycles. The number of hydrogen-bond acceptors (Lipinski definition) is 5. The SMILES string of the molecule is CNC(=O)C(CC(=O)NC(C)C)SC[C@@H](N)C(=O)C(C)C.